The van der Waals surface area contributed by atoms with E-state index in [9.17, 15) is 0 Å². The van der Waals surface area contributed by atoms with Crippen LogP contribution < -0.4 is 0 Å². The molecule has 0 aromatic carbocycles. The second-order valence-electron chi connectivity index (χ2n) is 3.49. The Hall–Kier alpha value is 1.56. The molecule has 0 amide bonds. The molecule has 0 radical (unpaired) electrons. The quantitative estimate of drug-likeness (QED) is 0.378. The van der Waals surface area contributed by atoms with Crippen molar-refractivity contribution in [2.75, 3.05) is 0 Å². The van der Waals surface area contributed by atoms with Gasteiger partial charge in [-0.2, -0.15) is 0 Å². The van der Waals surface area contributed by atoms with E-state index in [1.807, 2.05) is 0 Å². The van der Waals surface area contributed by atoms with E-state index in [2.05, 4.69) is 72.4 Å². The van der Waals surface area contributed by atoms with Gasteiger partial charge >= 0.3 is 103 Å². The van der Waals surface area contributed by atoms with Gasteiger partial charge in [0, 0.05) is 0 Å². The molecule has 3 heteroatoms. The van der Waals surface area contributed by atoms with Crippen molar-refractivity contribution < 1.29 is 8.92 Å². The predicted octanol–water partition coefficient (Wildman–Crippen LogP) is 4.78. The Morgan fingerprint density at radius 1 is 1.42 bits per heavy atom. The Balaban J connectivity index is 2.92. The van der Waals surface area contributed by atoms with E-state index >= 15 is 0 Å². The number of rotatable bonds is 1. The molecule has 0 fully saturated rings. The zero-order valence-electron chi connectivity index (χ0n) is 7.47. The minimum atomic E-state index is -0.662. The zero-order valence-corrected chi connectivity index (χ0v) is 13.5. The van der Waals surface area contributed by atoms with E-state index in [1.165, 1.54) is 12.0 Å². The molecule has 0 spiro atoms. The molecule has 0 saturated carbocycles. The summed E-state index contributed by atoms with van der Waals surface area (Å²) in [5.74, 6) is 0. The van der Waals surface area contributed by atoms with Crippen molar-refractivity contribution in [3.63, 3.8) is 0 Å². The molecule has 0 bridgehead atoms. The van der Waals surface area contributed by atoms with Crippen LogP contribution in [0.2, 0.25) is 4.01 Å². The van der Waals surface area contributed by atoms with Gasteiger partial charge in [-0.3, -0.25) is 0 Å². The third kappa shape index (κ3) is 2.77. The Morgan fingerprint density at radius 2 is 2.00 bits per heavy atom. The van der Waals surface area contributed by atoms with Crippen LogP contribution in [0.3, 0.4) is 0 Å². The second-order valence-corrected chi connectivity index (χ2v) is 24.0. The average molecular weight is 476 g/mol. The van der Waals surface area contributed by atoms with Gasteiger partial charge in [0.15, 0.2) is 0 Å². The maximum atomic E-state index is 2.66. The average Bonchev–Trinajstić information content (AvgIpc) is 1.82. The molecule has 1 aliphatic carbocycles. The second kappa shape index (κ2) is 4.39. The molecule has 0 heterocycles. The van der Waals surface area contributed by atoms with Crippen LogP contribution in [0, 0.1) is 0 Å². The van der Waals surface area contributed by atoms with Crippen LogP contribution in [0.1, 0.15) is 27.2 Å². The third-order valence-electron chi connectivity index (χ3n) is 1.92. The van der Waals surface area contributed by atoms with Gasteiger partial charge in [0.25, 0.3) is 0 Å². The van der Waals surface area contributed by atoms with Crippen LogP contribution in [-0.4, -0.2) is 0 Å². The van der Waals surface area contributed by atoms with Gasteiger partial charge in [0.2, 0.25) is 0 Å². The SMILES string of the molecule is CC1=C[C](C)([Ru-]([I])[I])CC(C)=C1. The fourth-order valence-corrected chi connectivity index (χ4v) is 5.83. The zero-order chi connectivity index (χ0) is 9.35. The van der Waals surface area contributed by atoms with Gasteiger partial charge < -0.3 is 0 Å². The molecular formula is C9H13I2Ru-. The van der Waals surface area contributed by atoms with Crippen LogP contribution in [-0.2, 0) is 8.92 Å². The van der Waals surface area contributed by atoms with Crippen molar-refractivity contribution in [1.82, 2.24) is 0 Å². The molecule has 0 N–H and O–H groups in total. The molecule has 0 saturated heterocycles. The van der Waals surface area contributed by atoms with Crippen LogP contribution in [0.4, 0.5) is 0 Å². The monoisotopic (exact) mass is 477 g/mol. The fourth-order valence-electron chi connectivity index (χ4n) is 1.63. The van der Waals surface area contributed by atoms with Gasteiger partial charge in [-0.15, -0.1) is 0 Å². The van der Waals surface area contributed by atoms with Gasteiger partial charge in [0.1, 0.15) is 0 Å². The van der Waals surface area contributed by atoms with Crippen molar-refractivity contribution >= 4 is 39.5 Å². The van der Waals surface area contributed by atoms with Gasteiger partial charge in [-0.05, 0) is 0 Å². The van der Waals surface area contributed by atoms with Crippen molar-refractivity contribution in [3.05, 3.63) is 23.3 Å². The first-order chi connectivity index (χ1) is 5.44. The number of halogens is 2. The predicted molar refractivity (Wildman–Crippen MR) is 68.5 cm³/mol. The number of allylic oxidation sites excluding steroid dienone is 4. The van der Waals surface area contributed by atoms with Crippen LogP contribution in [0.25, 0.3) is 0 Å². The fraction of sp³-hybridized carbons (Fsp3) is 0.556. The van der Waals surface area contributed by atoms with Crippen molar-refractivity contribution in [2.24, 2.45) is 0 Å². The van der Waals surface area contributed by atoms with E-state index in [1.54, 1.807) is 5.57 Å². The maximum absolute atomic E-state index is 2.66. The van der Waals surface area contributed by atoms with Crippen LogP contribution >= 0.6 is 39.5 Å². The van der Waals surface area contributed by atoms with E-state index in [0.29, 0.717) is 4.01 Å². The summed E-state index contributed by atoms with van der Waals surface area (Å²) < 4.78 is 0.508. The summed E-state index contributed by atoms with van der Waals surface area (Å²) in [6.45, 7) is 6.87. The topological polar surface area (TPSA) is 0 Å². The molecular weight excluding hydrogens is 463 g/mol. The molecule has 1 atom stereocenters. The van der Waals surface area contributed by atoms with Gasteiger partial charge in [0.05, 0.1) is 0 Å². The van der Waals surface area contributed by atoms with Crippen LogP contribution in [0.15, 0.2) is 23.3 Å². The molecule has 12 heavy (non-hydrogen) atoms. The van der Waals surface area contributed by atoms with Gasteiger partial charge in [-0.1, -0.05) is 0 Å². The summed E-state index contributed by atoms with van der Waals surface area (Å²) >= 11 is 5.31. The van der Waals surface area contributed by atoms with E-state index in [0.717, 1.165) is 0 Å². The van der Waals surface area contributed by atoms with Crippen molar-refractivity contribution in [2.45, 2.75) is 31.2 Å². The minimum absolute atomic E-state index is 0.508. The summed E-state index contributed by atoms with van der Waals surface area (Å²) in [5.41, 5.74) is 3.00. The summed E-state index contributed by atoms with van der Waals surface area (Å²) in [6, 6.07) is 0. The third-order valence-corrected chi connectivity index (χ3v) is 14.3. The molecule has 0 aliphatic heterocycles. The summed E-state index contributed by atoms with van der Waals surface area (Å²) in [5, 5.41) is 0. The Labute approximate surface area is 102 Å². The molecule has 1 aliphatic rings. The molecule has 0 nitrogen and oxygen atoms in total. The molecule has 1 rings (SSSR count). The summed E-state index contributed by atoms with van der Waals surface area (Å²) in [4.78, 5) is 0. The van der Waals surface area contributed by atoms with E-state index in [-0.39, 0.29) is 0 Å². The van der Waals surface area contributed by atoms with Gasteiger partial charge in [-0.25, -0.2) is 0 Å². The Kier molecular flexibility index (Phi) is 4.26. The summed E-state index contributed by atoms with van der Waals surface area (Å²) in [6.07, 6.45) is 6.05. The first-order valence-corrected chi connectivity index (χ1v) is 15.0. The normalized spacial score (nSPS) is 30.9. The summed E-state index contributed by atoms with van der Waals surface area (Å²) in [7, 11) is -0.662. The molecule has 0 aromatic heterocycles. The van der Waals surface area contributed by atoms with Crippen molar-refractivity contribution in [1.29, 1.82) is 0 Å². The number of hydrogen-bond acceptors (Lipinski definition) is 0. The Morgan fingerprint density at radius 3 is 2.42 bits per heavy atom. The van der Waals surface area contributed by atoms with E-state index in [4.69, 9.17) is 0 Å². The van der Waals surface area contributed by atoms with E-state index < -0.39 is 8.92 Å². The standard InChI is InChI=1S/C9H13.2HI.Ru/c1-7-4-8(2)6-9(3)5-7;;;/h4-5H,6H2,1-3H3;2*1H;/q;;;+1/p-2. The Bertz CT molecular complexity index is 243. The first kappa shape index (κ1) is 11.6. The van der Waals surface area contributed by atoms with Crippen molar-refractivity contribution in [3.8, 4) is 0 Å². The molecule has 1 unspecified atom stereocenters. The number of hydrogen-bond donors (Lipinski definition) is 0. The van der Waals surface area contributed by atoms with Crippen LogP contribution in [0.5, 0.6) is 0 Å². The molecule has 72 valence electrons. The first-order valence-electron chi connectivity index (χ1n) is 3.81. The molecule has 0 aromatic rings.